The van der Waals surface area contributed by atoms with E-state index in [0.717, 1.165) is 49.3 Å². The van der Waals surface area contributed by atoms with Crippen molar-refractivity contribution in [3.05, 3.63) is 41.7 Å². The third kappa shape index (κ3) is 3.80. The van der Waals surface area contributed by atoms with E-state index in [4.69, 9.17) is 14.8 Å². The number of hydrogen-bond donors (Lipinski definition) is 1. The molecule has 1 N–H and O–H groups in total. The molecule has 0 saturated carbocycles. The number of ether oxygens (including phenoxy) is 1. The number of carbonyl (C=O) groups excluding carboxylic acids is 1. The summed E-state index contributed by atoms with van der Waals surface area (Å²) in [5, 5.41) is 9.03. The standard InChI is InChI=1S/C21H25N3O4/c25-18(26)13-16-14-23(11-12-28-16)21(27)19-17-9-5-2-6-10-24(17)20(22-19)15-7-3-1-4-8-15/h1,3-4,7-8,16H,2,5-6,9-14H2,(H,25,26)/t16-/m0/s1. The number of aliphatic carboxylic acids is 1. The fourth-order valence-electron chi connectivity index (χ4n) is 4.07. The van der Waals surface area contributed by atoms with Crippen LogP contribution < -0.4 is 0 Å². The van der Waals surface area contributed by atoms with Crippen LogP contribution in [0.15, 0.2) is 30.3 Å². The molecule has 0 radical (unpaired) electrons. The van der Waals surface area contributed by atoms with Crippen LogP contribution in [0.1, 0.15) is 41.9 Å². The van der Waals surface area contributed by atoms with Crippen molar-refractivity contribution in [3.63, 3.8) is 0 Å². The maximum absolute atomic E-state index is 13.3. The van der Waals surface area contributed by atoms with Crippen molar-refractivity contribution >= 4 is 11.9 Å². The monoisotopic (exact) mass is 383 g/mol. The first-order valence-electron chi connectivity index (χ1n) is 9.91. The molecule has 3 heterocycles. The highest BCUT2D eigenvalue weighted by atomic mass is 16.5. The Morgan fingerprint density at radius 1 is 1.14 bits per heavy atom. The second kappa shape index (κ2) is 8.14. The number of carbonyl (C=O) groups is 2. The highest BCUT2D eigenvalue weighted by molar-refractivity contribution is 5.94. The number of aromatic nitrogens is 2. The first kappa shape index (κ1) is 18.7. The Hall–Kier alpha value is -2.67. The lowest BCUT2D eigenvalue weighted by Crippen LogP contribution is -2.46. The van der Waals surface area contributed by atoms with Gasteiger partial charge in [0.25, 0.3) is 5.91 Å². The fourth-order valence-corrected chi connectivity index (χ4v) is 4.07. The van der Waals surface area contributed by atoms with E-state index in [0.29, 0.717) is 18.8 Å². The van der Waals surface area contributed by atoms with Crippen LogP contribution in [0.25, 0.3) is 11.4 Å². The van der Waals surface area contributed by atoms with E-state index < -0.39 is 12.1 Å². The lowest BCUT2D eigenvalue weighted by molar-refractivity contribution is -0.141. The molecule has 28 heavy (non-hydrogen) atoms. The highest BCUT2D eigenvalue weighted by Crippen LogP contribution is 2.28. The van der Waals surface area contributed by atoms with Gasteiger partial charge in [-0.1, -0.05) is 36.8 Å². The van der Waals surface area contributed by atoms with Gasteiger partial charge in [-0.05, 0) is 19.3 Å². The second-order valence-corrected chi connectivity index (χ2v) is 7.40. The first-order chi connectivity index (χ1) is 13.6. The van der Waals surface area contributed by atoms with Gasteiger partial charge in [-0.15, -0.1) is 0 Å². The second-order valence-electron chi connectivity index (χ2n) is 7.40. The summed E-state index contributed by atoms with van der Waals surface area (Å²) < 4.78 is 7.71. The van der Waals surface area contributed by atoms with Gasteiger partial charge in [-0.25, -0.2) is 4.98 Å². The molecule has 2 aliphatic rings. The third-order valence-electron chi connectivity index (χ3n) is 5.43. The van der Waals surface area contributed by atoms with Crippen LogP contribution in [0.2, 0.25) is 0 Å². The van der Waals surface area contributed by atoms with Crippen LogP contribution >= 0.6 is 0 Å². The molecular formula is C21H25N3O4. The predicted molar refractivity (Wildman–Crippen MR) is 103 cm³/mol. The quantitative estimate of drug-likeness (QED) is 0.877. The summed E-state index contributed by atoms with van der Waals surface area (Å²) in [5.74, 6) is -0.191. The van der Waals surface area contributed by atoms with Crippen LogP contribution in [0.3, 0.4) is 0 Å². The molecule has 7 nitrogen and oxygen atoms in total. The Bertz CT molecular complexity index is 862. The van der Waals surface area contributed by atoms with Crippen LogP contribution in [-0.2, 0) is 22.5 Å². The Kier molecular flexibility index (Phi) is 5.43. The summed E-state index contributed by atoms with van der Waals surface area (Å²) in [6, 6.07) is 9.97. The van der Waals surface area contributed by atoms with Crippen LogP contribution in [-0.4, -0.2) is 57.2 Å². The molecular weight excluding hydrogens is 358 g/mol. The van der Waals surface area contributed by atoms with Crippen molar-refractivity contribution in [1.82, 2.24) is 14.5 Å². The smallest absolute Gasteiger partial charge is 0.306 e. The van der Waals surface area contributed by atoms with E-state index in [-0.39, 0.29) is 18.9 Å². The van der Waals surface area contributed by atoms with Gasteiger partial charge in [-0.2, -0.15) is 0 Å². The van der Waals surface area contributed by atoms with E-state index in [1.54, 1.807) is 4.90 Å². The van der Waals surface area contributed by atoms with Gasteiger partial charge < -0.3 is 19.3 Å². The van der Waals surface area contributed by atoms with Gasteiger partial charge in [0.15, 0.2) is 0 Å². The number of imidazole rings is 1. The normalized spacial score (nSPS) is 19.7. The summed E-state index contributed by atoms with van der Waals surface area (Å²) in [7, 11) is 0. The molecule has 1 atom stereocenters. The number of morpholine rings is 1. The summed E-state index contributed by atoms with van der Waals surface area (Å²) in [6.45, 7) is 1.97. The van der Waals surface area contributed by atoms with Crippen molar-refractivity contribution < 1.29 is 19.4 Å². The lowest BCUT2D eigenvalue weighted by Gasteiger charge is -2.32. The van der Waals surface area contributed by atoms with E-state index >= 15 is 0 Å². The van der Waals surface area contributed by atoms with Crippen molar-refractivity contribution in [3.8, 4) is 11.4 Å². The summed E-state index contributed by atoms with van der Waals surface area (Å²) in [5.41, 5.74) is 2.52. The number of hydrogen-bond acceptors (Lipinski definition) is 4. The fraction of sp³-hybridized carbons (Fsp3) is 0.476. The third-order valence-corrected chi connectivity index (χ3v) is 5.43. The SMILES string of the molecule is O=C(O)C[C@H]1CN(C(=O)c2nc(-c3ccccc3)n3c2CCCCC3)CCO1. The zero-order valence-electron chi connectivity index (χ0n) is 15.8. The molecule has 1 aromatic carbocycles. The minimum absolute atomic E-state index is 0.0969. The zero-order valence-corrected chi connectivity index (χ0v) is 15.8. The summed E-state index contributed by atoms with van der Waals surface area (Å²) in [6.07, 6.45) is 3.54. The van der Waals surface area contributed by atoms with Crippen LogP contribution in [0, 0.1) is 0 Å². The maximum Gasteiger partial charge on any atom is 0.306 e. The number of carboxylic acids is 1. The van der Waals surface area contributed by atoms with E-state index in [2.05, 4.69) is 4.57 Å². The number of benzene rings is 1. The maximum atomic E-state index is 13.3. The molecule has 0 unspecified atom stereocenters. The van der Waals surface area contributed by atoms with Crippen molar-refractivity contribution in [2.75, 3.05) is 19.7 Å². The topological polar surface area (TPSA) is 84.7 Å². The molecule has 0 bridgehead atoms. The zero-order chi connectivity index (χ0) is 19.5. The number of amides is 1. The van der Waals surface area contributed by atoms with Gasteiger partial charge in [0.05, 0.1) is 24.8 Å². The minimum atomic E-state index is -0.915. The summed E-state index contributed by atoms with van der Waals surface area (Å²) in [4.78, 5) is 30.8. The molecule has 1 saturated heterocycles. The van der Waals surface area contributed by atoms with Gasteiger partial charge in [0.1, 0.15) is 11.5 Å². The molecule has 0 spiro atoms. The number of carboxylic acid groups (broad SMARTS) is 1. The molecule has 7 heteroatoms. The molecule has 1 aromatic heterocycles. The van der Waals surface area contributed by atoms with Gasteiger partial charge in [-0.3, -0.25) is 9.59 Å². The molecule has 0 aliphatic carbocycles. The molecule has 4 rings (SSSR count). The van der Waals surface area contributed by atoms with E-state index in [1.165, 1.54) is 0 Å². The molecule has 2 aromatic rings. The highest BCUT2D eigenvalue weighted by Gasteiger charge is 2.31. The Morgan fingerprint density at radius 3 is 2.75 bits per heavy atom. The average molecular weight is 383 g/mol. The number of fused-ring (bicyclic) bond motifs is 1. The van der Waals surface area contributed by atoms with Crippen molar-refractivity contribution in [2.45, 2.75) is 44.8 Å². The number of nitrogens with zero attached hydrogens (tertiary/aromatic N) is 3. The van der Waals surface area contributed by atoms with Gasteiger partial charge in [0, 0.05) is 25.2 Å². The van der Waals surface area contributed by atoms with Gasteiger partial charge in [0.2, 0.25) is 0 Å². The molecule has 148 valence electrons. The van der Waals surface area contributed by atoms with Crippen molar-refractivity contribution in [2.24, 2.45) is 0 Å². The molecule has 1 fully saturated rings. The minimum Gasteiger partial charge on any atom is -0.481 e. The first-order valence-corrected chi connectivity index (χ1v) is 9.91. The summed E-state index contributed by atoms with van der Waals surface area (Å²) >= 11 is 0. The predicted octanol–water partition coefficient (Wildman–Crippen LogP) is 2.59. The number of rotatable bonds is 4. The lowest BCUT2D eigenvalue weighted by atomic mass is 10.1. The average Bonchev–Trinajstić information content (AvgIpc) is 2.89. The Morgan fingerprint density at radius 2 is 1.96 bits per heavy atom. The largest absolute Gasteiger partial charge is 0.481 e. The van der Waals surface area contributed by atoms with E-state index in [9.17, 15) is 9.59 Å². The Labute approximate surface area is 163 Å². The van der Waals surface area contributed by atoms with Crippen LogP contribution in [0.4, 0.5) is 0 Å². The Balaban J connectivity index is 1.66. The molecule has 1 amide bonds. The van der Waals surface area contributed by atoms with Gasteiger partial charge >= 0.3 is 5.97 Å². The van der Waals surface area contributed by atoms with E-state index in [1.807, 2.05) is 30.3 Å². The molecule has 2 aliphatic heterocycles. The van der Waals surface area contributed by atoms with Crippen molar-refractivity contribution in [1.29, 1.82) is 0 Å². The van der Waals surface area contributed by atoms with Crippen LogP contribution in [0.5, 0.6) is 0 Å².